The lowest BCUT2D eigenvalue weighted by Gasteiger charge is -2.23. The number of aliphatic hydroxyl groups is 2. The van der Waals surface area contributed by atoms with Gasteiger partial charge in [-0.1, -0.05) is 20.8 Å². The maximum absolute atomic E-state index is 11.5. The fourth-order valence-corrected chi connectivity index (χ4v) is 3.03. The molecule has 0 aromatic rings. The Labute approximate surface area is 67.8 Å². The molecule has 0 atom stereocenters. The molecule has 11 heavy (non-hydrogen) atoms. The monoisotopic (exact) mass is 180 g/mol. The van der Waals surface area contributed by atoms with Gasteiger partial charge in [-0.3, -0.25) is 0 Å². The summed E-state index contributed by atoms with van der Waals surface area (Å²) >= 11 is 0. The predicted octanol–water partition coefficient (Wildman–Crippen LogP) is 1.30. The topological polar surface area (TPSA) is 57.5 Å². The number of aliphatic hydroxyl groups excluding tert-OH is 2. The van der Waals surface area contributed by atoms with Gasteiger partial charge in [-0.05, 0) is 5.41 Å². The molecule has 0 aromatic carbocycles. The Hall–Kier alpha value is 0.150. The summed E-state index contributed by atoms with van der Waals surface area (Å²) in [6.45, 7) is 5.81. The summed E-state index contributed by atoms with van der Waals surface area (Å²) in [7, 11) is -2.69. The lowest BCUT2D eigenvalue weighted by Crippen LogP contribution is -2.14. The van der Waals surface area contributed by atoms with Crippen molar-refractivity contribution >= 4 is 7.14 Å². The number of hydrogen-bond donors (Lipinski definition) is 2. The molecule has 0 radical (unpaired) electrons. The van der Waals surface area contributed by atoms with E-state index in [0.717, 1.165) is 0 Å². The summed E-state index contributed by atoms with van der Waals surface area (Å²) in [5.74, 6) is 0. The average Bonchev–Trinajstić information content (AvgIpc) is 1.84. The largest absolute Gasteiger partial charge is 0.389 e. The van der Waals surface area contributed by atoms with Crippen LogP contribution in [0, 0.1) is 5.41 Å². The van der Waals surface area contributed by atoms with Gasteiger partial charge in [0.15, 0.2) is 0 Å². The first-order chi connectivity index (χ1) is 4.83. The van der Waals surface area contributed by atoms with Crippen LogP contribution in [-0.2, 0) is 4.57 Å². The van der Waals surface area contributed by atoms with E-state index in [1.165, 1.54) is 0 Å². The third kappa shape index (κ3) is 4.57. The van der Waals surface area contributed by atoms with Crippen molar-refractivity contribution in [3.05, 3.63) is 0 Å². The zero-order chi connectivity index (χ0) is 9.12. The normalized spacial score (nSPS) is 13.5. The second-order valence-corrected chi connectivity index (χ2v) is 7.06. The maximum Gasteiger partial charge on any atom is 0.136 e. The Morgan fingerprint density at radius 2 is 1.55 bits per heavy atom. The minimum Gasteiger partial charge on any atom is -0.389 e. The summed E-state index contributed by atoms with van der Waals surface area (Å²) in [6.07, 6.45) is -0.380. The van der Waals surface area contributed by atoms with Gasteiger partial charge in [0.25, 0.3) is 0 Å². The Bertz CT molecular complexity index is 152. The molecule has 0 amide bonds. The molecule has 0 fully saturated rings. The van der Waals surface area contributed by atoms with Gasteiger partial charge < -0.3 is 14.8 Å². The Morgan fingerprint density at radius 1 is 1.18 bits per heavy atom. The second-order valence-electron chi connectivity index (χ2n) is 4.06. The highest BCUT2D eigenvalue weighted by molar-refractivity contribution is 7.63. The summed E-state index contributed by atoms with van der Waals surface area (Å²) < 4.78 is 11.5. The molecule has 0 saturated heterocycles. The molecular formula is C7H17O3P. The summed E-state index contributed by atoms with van der Waals surface area (Å²) in [4.78, 5) is 0. The molecule has 0 aliphatic rings. The van der Waals surface area contributed by atoms with Crippen LogP contribution in [0.3, 0.4) is 0 Å². The van der Waals surface area contributed by atoms with Crippen molar-refractivity contribution in [3.8, 4) is 0 Å². The van der Waals surface area contributed by atoms with Crippen molar-refractivity contribution in [1.82, 2.24) is 0 Å². The van der Waals surface area contributed by atoms with Gasteiger partial charge in [0, 0.05) is 6.16 Å². The third-order valence-corrected chi connectivity index (χ3v) is 3.83. The van der Waals surface area contributed by atoms with Crippen LogP contribution in [0.4, 0.5) is 0 Å². The maximum atomic E-state index is 11.5. The van der Waals surface area contributed by atoms with Crippen LogP contribution < -0.4 is 0 Å². The first-order valence-corrected chi connectivity index (χ1v) is 5.88. The minimum absolute atomic E-state index is 0.0962. The van der Waals surface area contributed by atoms with Gasteiger partial charge in [0.1, 0.15) is 7.14 Å². The van der Waals surface area contributed by atoms with Gasteiger partial charge in [-0.2, -0.15) is 0 Å². The van der Waals surface area contributed by atoms with Crippen molar-refractivity contribution in [2.24, 2.45) is 5.41 Å². The van der Waals surface area contributed by atoms with E-state index in [1.54, 1.807) is 0 Å². The molecule has 0 spiro atoms. The predicted molar refractivity (Wildman–Crippen MR) is 46.1 cm³/mol. The quantitative estimate of drug-likeness (QED) is 0.643. The van der Waals surface area contributed by atoms with E-state index in [0.29, 0.717) is 6.16 Å². The van der Waals surface area contributed by atoms with Gasteiger partial charge >= 0.3 is 0 Å². The molecule has 0 saturated carbocycles. The van der Waals surface area contributed by atoms with Gasteiger partial charge in [0.2, 0.25) is 0 Å². The Balaban J connectivity index is 4.21. The van der Waals surface area contributed by atoms with E-state index in [1.807, 2.05) is 20.8 Å². The van der Waals surface area contributed by atoms with E-state index in [-0.39, 0.29) is 18.1 Å². The van der Waals surface area contributed by atoms with Crippen molar-refractivity contribution in [2.75, 3.05) is 18.9 Å². The highest BCUT2D eigenvalue weighted by atomic mass is 31.2. The molecule has 4 heteroatoms. The van der Waals surface area contributed by atoms with Crippen molar-refractivity contribution in [3.63, 3.8) is 0 Å². The Morgan fingerprint density at radius 3 is 1.64 bits per heavy atom. The van der Waals surface area contributed by atoms with Crippen LogP contribution in [0.25, 0.3) is 0 Å². The molecule has 0 aliphatic carbocycles. The van der Waals surface area contributed by atoms with Crippen LogP contribution in [0.15, 0.2) is 0 Å². The first-order valence-electron chi connectivity index (χ1n) is 3.62. The summed E-state index contributed by atoms with van der Waals surface area (Å²) in [5, 5.41) is 17.5. The summed E-state index contributed by atoms with van der Waals surface area (Å²) in [6, 6.07) is 0. The molecule has 0 bridgehead atoms. The van der Waals surface area contributed by atoms with Crippen LogP contribution >= 0.6 is 7.14 Å². The van der Waals surface area contributed by atoms with E-state index in [9.17, 15) is 4.57 Å². The van der Waals surface area contributed by atoms with E-state index < -0.39 is 7.14 Å². The highest BCUT2D eigenvalue weighted by Crippen LogP contribution is 2.47. The molecule has 0 rings (SSSR count). The molecule has 0 heterocycles. The van der Waals surface area contributed by atoms with E-state index >= 15 is 0 Å². The lowest BCUT2D eigenvalue weighted by atomic mass is 10.0. The van der Waals surface area contributed by atoms with Crippen LogP contribution in [0.2, 0.25) is 0 Å². The molecular weight excluding hydrogens is 163 g/mol. The van der Waals surface area contributed by atoms with Crippen molar-refractivity contribution in [2.45, 2.75) is 20.8 Å². The molecule has 0 unspecified atom stereocenters. The standard InChI is InChI=1S/C7H17O3P/c1-7(2,3)4-11(10,5-8)6-9/h8-9H,4-6H2,1-3H3. The summed E-state index contributed by atoms with van der Waals surface area (Å²) in [5.41, 5.74) is -0.0962. The third-order valence-electron chi connectivity index (χ3n) is 1.28. The van der Waals surface area contributed by atoms with E-state index in [2.05, 4.69) is 0 Å². The highest BCUT2D eigenvalue weighted by Gasteiger charge is 2.26. The zero-order valence-electron chi connectivity index (χ0n) is 7.37. The van der Waals surface area contributed by atoms with Crippen LogP contribution in [0.5, 0.6) is 0 Å². The van der Waals surface area contributed by atoms with Gasteiger partial charge in [-0.25, -0.2) is 0 Å². The molecule has 2 N–H and O–H groups in total. The fourth-order valence-electron chi connectivity index (χ4n) is 1.01. The van der Waals surface area contributed by atoms with E-state index in [4.69, 9.17) is 10.2 Å². The van der Waals surface area contributed by atoms with Crippen LogP contribution in [0.1, 0.15) is 20.8 Å². The fraction of sp³-hybridized carbons (Fsp3) is 1.00. The SMILES string of the molecule is CC(C)(C)CP(=O)(CO)CO. The van der Waals surface area contributed by atoms with Gasteiger partial charge in [-0.15, -0.1) is 0 Å². The lowest BCUT2D eigenvalue weighted by molar-refractivity contribution is 0.317. The molecule has 0 aromatic heterocycles. The number of rotatable bonds is 3. The first kappa shape index (κ1) is 11.2. The molecule has 0 aliphatic heterocycles. The smallest absolute Gasteiger partial charge is 0.136 e. The second kappa shape index (κ2) is 3.70. The van der Waals surface area contributed by atoms with Crippen LogP contribution in [-0.4, -0.2) is 29.1 Å². The van der Waals surface area contributed by atoms with Gasteiger partial charge in [0.05, 0.1) is 12.7 Å². The van der Waals surface area contributed by atoms with Crippen molar-refractivity contribution in [1.29, 1.82) is 0 Å². The average molecular weight is 180 g/mol. The molecule has 3 nitrogen and oxygen atoms in total. The zero-order valence-corrected chi connectivity index (χ0v) is 8.27. The minimum atomic E-state index is -2.69. The number of hydrogen-bond acceptors (Lipinski definition) is 3. The molecule has 68 valence electrons. The van der Waals surface area contributed by atoms with Crippen molar-refractivity contribution < 1.29 is 14.8 Å². The Kier molecular flexibility index (Phi) is 3.75.